The number of carbonyl (C=O) groups excluding carboxylic acids is 1. The van der Waals surface area contributed by atoms with Crippen LogP contribution in [0.1, 0.15) is 46.8 Å². The predicted molar refractivity (Wildman–Crippen MR) is 117 cm³/mol. The third-order valence-electron chi connectivity index (χ3n) is 5.39. The van der Waals surface area contributed by atoms with E-state index in [2.05, 4.69) is 20.2 Å². The average Bonchev–Trinajstić information content (AvgIpc) is 3.32. The van der Waals surface area contributed by atoms with Crippen molar-refractivity contribution >= 4 is 23.1 Å². The molecule has 1 amide bonds. The molecular weight excluding hydrogens is 400 g/mol. The maximum Gasteiger partial charge on any atom is 0.258 e. The summed E-state index contributed by atoms with van der Waals surface area (Å²) in [6.45, 7) is 7.25. The molecule has 2 N–H and O–H groups in total. The van der Waals surface area contributed by atoms with Crippen LogP contribution in [0.25, 0.3) is 11.1 Å². The second-order valence-electron chi connectivity index (χ2n) is 7.64. The van der Waals surface area contributed by atoms with Gasteiger partial charge in [-0.1, -0.05) is 11.6 Å². The van der Waals surface area contributed by atoms with Crippen molar-refractivity contribution in [2.75, 3.05) is 18.5 Å². The van der Waals surface area contributed by atoms with E-state index in [1.807, 2.05) is 39.0 Å². The average molecular weight is 427 g/mol. The molecule has 1 atom stereocenters. The minimum Gasteiger partial charge on any atom is -0.491 e. The topological polar surface area (TPSA) is 89.3 Å². The number of piperidine rings is 1. The van der Waals surface area contributed by atoms with Crippen LogP contribution in [-0.2, 0) is 0 Å². The molecule has 158 valence electrons. The fourth-order valence-electron chi connectivity index (χ4n) is 3.76. The fourth-order valence-corrected chi connectivity index (χ4v) is 4.45. The standard InChI is InChI=1S/C22H26N4O3S/c1-13-19(12-30-26-13)22(27)24-16-7-8-20(28-11-17-6-4-5-9-23-17)18(10-16)21-14(2)25-29-15(21)3/h7-8,10,12,17,23H,4-6,9,11H2,1-3H3,(H,24,27)/t17-/m1/s1. The van der Waals surface area contributed by atoms with Crippen molar-refractivity contribution < 1.29 is 14.1 Å². The number of ether oxygens (including phenoxy) is 1. The molecule has 0 spiro atoms. The number of rotatable bonds is 6. The van der Waals surface area contributed by atoms with E-state index < -0.39 is 0 Å². The van der Waals surface area contributed by atoms with Crippen LogP contribution >= 0.6 is 11.5 Å². The molecule has 0 bridgehead atoms. The van der Waals surface area contributed by atoms with Crippen LogP contribution in [0.4, 0.5) is 5.69 Å². The number of amides is 1. The zero-order valence-corrected chi connectivity index (χ0v) is 18.3. The molecule has 2 aromatic heterocycles. The van der Waals surface area contributed by atoms with Gasteiger partial charge in [-0.25, -0.2) is 0 Å². The number of benzene rings is 1. The van der Waals surface area contributed by atoms with Crippen LogP contribution in [0, 0.1) is 20.8 Å². The summed E-state index contributed by atoms with van der Waals surface area (Å²) >= 11 is 1.28. The number of aryl methyl sites for hydroxylation is 3. The van der Waals surface area contributed by atoms with E-state index >= 15 is 0 Å². The van der Waals surface area contributed by atoms with E-state index in [1.165, 1.54) is 24.4 Å². The molecule has 3 aromatic rings. The van der Waals surface area contributed by atoms with Gasteiger partial charge < -0.3 is 19.9 Å². The molecule has 0 unspecified atom stereocenters. The Morgan fingerprint density at radius 2 is 2.17 bits per heavy atom. The van der Waals surface area contributed by atoms with Crippen molar-refractivity contribution in [3.05, 3.63) is 46.3 Å². The highest BCUT2D eigenvalue weighted by atomic mass is 32.1. The maximum absolute atomic E-state index is 12.6. The molecule has 1 fully saturated rings. The first kappa shape index (κ1) is 20.6. The molecule has 1 aliphatic heterocycles. The van der Waals surface area contributed by atoms with Gasteiger partial charge in [0.15, 0.2) is 0 Å². The lowest BCUT2D eigenvalue weighted by atomic mass is 10.0. The molecule has 0 radical (unpaired) electrons. The minimum absolute atomic E-state index is 0.175. The first-order chi connectivity index (χ1) is 14.5. The summed E-state index contributed by atoms with van der Waals surface area (Å²) in [6.07, 6.45) is 3.55. The molecular formula is C22H26N4O3S. The third-order valence-corrected chi connectivity index (χ3v) is 6.11. The van der Waals surface area contributed by atoms with Crippen molar-refractivity contribution in [3.8, 4) is 16.9 Å². The van der Waals surface area contributed by atoms with Gasteiger partial charge in [-0.15, -0.1) is 0 Å². The van der Waals surface area contributed by atoms with E-state index in [9.17, 15) is 4.79 Å². The summed E-state index contributed by atoms with van der Waals surface area (Å²) < 4.78 is 15.8. The number of anilines is 1. The Hall–Kier alpha value is -2.71. The SMILES string of the molecule is Cc1nscc1C(=O)Nc1ccc(OC[C@H]2CCCCN2)c(-c2c(C)noc2C)c1. The van der Waals surface area contributed by atoms with Gasteiger partial charge in [-0.2, -0.15) is 4.37 Å². The molecule has 1 aromatic carbocycles. The highest BCUT2D eigenvalue weighted by molar-refractivity contribution is 7.04. The van der Waals surface area contributed by atoms with Crippen molar-refractivity contribution in [2.45, 2.75) is 46.1 Å². The number of hydrogen-bond acceptors (Lipinski definition) is 7. The van der Waals surface area contributed by atoms with Crippen LogP contribution in [0.15, 0.2) is 28.1 Å². The Balaban J connectivity index is 1.61. The monoisotopic (exact) mass is 426 g/mol. The molecule has 4 rings (SSSR count). The normalized spacial score (nSPS) is 16.4. The summed E-state index contributed by atoms with van der Waals surface area (Å²) in [5, 5.41) is 12.3. The number of carbonyl (C=O) groups is 1. The highest BCUT2D eigenvalue weighted by Crippen LogP contribution is 2.37. The lowest BCUT2D eigenvalue weighted by Gasteiger charge is -2.24. The Morgan fingerprint density at radius 3 is 2.83 bits per heavy atom. The molecule has 0 saturated carbocycles. The zero-order chi connectivity index (χ0) is 21.1. The van der Waals surface area contributed by atoms with Gasteiger partial charge in [0, 0.05) is 22.7 Å². The predicted octanol–water partition coefficient (Wildman–Crippen LogP) is 4.50. The molecule has 1 saturated heterocycles. The van der Waals surface area contributed by atoms with E-state index in [-0.39, 0.29) is 5.91 Å². The van der Waals surface area contributed by atoms with E-state index in [0.29, 0.717) is 23.9 Å². The molecule has 1 aliphatic rings. The molecule has 8 heteroatoms. The van der Waals surface area contributed by atoms with Crippen molar-refractivity contribution in [2.24, 2.45) is 0 Å². The van der Waals surface area contributed by atoms with Crippen LogP contribution < -0.4 is 15.4 Å². The van der Waals surface area contributed by atoms with Crippen molar-refractivity contribution in [1.29, 1.82) is 0 Å². The Kier molecular flexibility index (Phi) is 6.15. The Labute approximate surface area is 180 Å². The summed E-state index contributed by atoms with van der Waals surface area (Å²) in [5.74, 6) is 1.30. The van der Waals surface area contributed by atoms with Gasteiger partial charge in [0.2, 0.25) is 0 Å². The highest BCUT2D eigenvalue weighted by Gasteiger charge is 2.20. The summed E-state index contributed by atoms with van der Waals surface area (Å²) in [6, 6.07) is 6.03. The van der Waals surface area contributed by atoms with Gasteiger partial charge in [-0.05, 0) is 69.9 Å². The number of hydrogen-bond donors (Lipinski definition) is 2. The summed E-state index contributed by atoms with van der Waals surface area (Å²) in [5.41, 5.74) is 4.54. The molecule has 7 nitrogen and oxygen atoms in total. The first-order valence-corrected chi connectivity index (χ1v) is 11.0. The molecule has 3 heterocycles. The van der Waals surface area contributed by atoms with Gasteiger partial charge in [0.25, 0.3) is 5.91 Å². The number of nitrogens with one attached hydrogen (secondary N) is 2. The van der Waals surface area contributed by atoms with Crippen molar-refractivity contribution in [1.82, 2.24) is 14.8 Å². The van der Waals surface area contributed by atoms with E-state index in [4.69, 9.17) is 9.26 Å². The molecule has 0 aliphatic carbocycles. The van der Waals surface area contributed by atoms with Crippen LogP contribution in [0.3, 0.4) is 0 Å². The first-order valence-electron chi connectivity index (χ1n) is 10.2. The van der Waals surface area contributed by atoms with Gasteiger partial charge in [0.05, 0.1) is 22.5 Å². The lowest BCUT2D eigenvalue weighted by Crippen LogP contribution is -2.38. The fraction of sp³-hybridized carbons (Fsp3) is 0.409. The largest absolute Gasteiger partial charge is 0.491 e. The zero-order valence-electron chi connectivity index (χ0n) is 17.4. The van der Waals surface area contributed by atoms with Gasteiger partial charge in [-0.3, -0.25) is 4.79 Å². The van der Waals surface area contributed by atoms with E-state index in [0.717, 1.165) is 47.0 Å². The van der Waals surface area contributed by atoms with Gasteiger partial charge >= 0.3 is 0 Å². The quantitative estimate of drug-likeness (QED) is 0.603. The lowest BCUT2D eigenvalue weighted by molar-refractivity contribution is 0.102. The van der Waals surface area contributed by atoms with Crippen LogP contribution in [0.5, 0.6) is 5.75 Å². The summed E-state index contributed by atoms with van der Waals surface area (Å²) in [7, 11) is 0. The minimum atomic E-state index is -0.175. The van der Waals surface area contributed by atoms with Crippen molar-refractivity contribution in [3.63, 3.8) is 0 Å². The van der Waals surface area contributed by atoms with E-state index in [1.54, 1.807) is 5.38 Å². The Bertz CT molecular complexity index is 1020. The number of nitrogens with zero attached hydrogens (tertiary/aromatic N) is 2. The second kappa shape index (κ2) is 8.97. The van der Waals surface area contributed by atoms with Crippen LogP contribution in [-0.4, -0.2) is 34.6 Å². The maximum atomic E-state index is 12.6. The smallest absolute Gasteiger partial charge is 0.258 e. The molecule has 30 heavy (non-hydrogen) atoms. The Morgan fingerprint density at radius 1 is 1.30 bits per heavy atom. The van der Waals surface area contributed by atoms with Gasteiger partial charge in [0.1, 0.15) is 18.1 Å². The summed E-state index contributed by atoms with van der Waals surface area (Å²) in [4.78, 5) is 12.6. The third kappa shape index (κ3) is 4.39. The van der Waals surface area contributed by atoms with Crippen LogP contribution in [0.2, 0.25) is 0 Å². The number of aromatic nitrogens is 2. The second-order valence-corrected chi connectivity index (χ2v) is 8.26.